The van der Waals surface area contributed by atoms with E-state index in [1.165, 1.54) is 6.33 Å². The molecule has 7 heteroatoms. The highest BCUT2D eigenvalue weighted by molar-refractivity contribution is 9.10. The lowest BCUT2D eigenvalue weighted by Crippen LogP contribution is -2.13. The summed E-state index contributed by atoms with van der Waals surface area (Å²) in [6.07, 6.45) is 8.96. The molecule has 0 saturated carbocycles. The molecule has 18 heavy (non-hydrogen) atoms. The molecule has 96 valence electrons. The molecule has 2 aromatic rings. The van der Waals surface area contributed by atoms with Crippen LogP contribution in [0, 0.1) is 0 Å². The molecule has 0 radical (unpaired) electrons. The zero-order valence-electron chi connectivity index (χ0n) is 9.77. The molecule has 0 aliphatic heterocycles. The Morgan fingerprint density at radius 3 is 3.11 bits per heavy atom. The monoisotopic (exact) mass is 311 g/mol. The molecule has 0 amide bonds. The van der Waals surface area contributed by atoms with Gasteiger partial charge in [-0.25, -0.2) is 9.97 Å². The zero-order valence-corrected chi connectivity index (χ0v) is 11.4. The average molecular weight is 312 g/mol. The Kier molecular flexibility index (Phi) is 4.52. The highest BCUT2D eigenvalue weighted by atomic mass is 79.9. The number of aromatic nitrogens is 4. The van der Waals surface area contributed by atoms with Gasteiger partial charge in [0.15, 0.2) is 0 Å². The van der Waals surface area contributed by atoms with Gasteiger partial charge in [-0.3, -0.25) is 4.79 Å². The van der Waals surface area contributed by atoms with Crippen molar-refractivity contribution in [1.29, 1.82) is 0 Å². The number of hydrogen-bond acceptors (Lipinski definition) is 4. The summed E-state index contributed by atoms with van der Waals surface area (Å²) in [4.78, 5) is 21.8. The Balaban J connectivity index is 1.72. The Morgan fingerprint density at radius 1 is 1.44 bits per heavy atom. The fourth-order valence-electron chi connectivity index (χ4n) is 1.55. The Morgan fingerprint density at radius 2 is 2.33 bits per heavy atom. The zero-order chi connectivity index (χ0) is 12.8. The van der Waals surface area contributed by atoms with Gasteiger partial charge in [0.2, 0.25) is 0 Å². The van der Waals surface area contributed by atoms with Gasteiger partial charge < -0.3 is 14.9 Å². The summed E-state index contributed by atoms with van der Waals surface area (Å²) in [6.45, 7) is 1.73. The summed E-state index contributed by atoms with van der Waals surface area (Å²) in [5.74, 6) is 0.585. The van der Waals surface area contributed by atoms with Crippen molar-refractivity contribution in [1.82, 2.24) is 19.5 Å². The number of nitrogens with zero attached hydrogens (tertiary/aromatic N) is 3. The minimum Gasteiger partial charge on any atom is -0.369 e. The largest absolute Gasteiger partial charge is 0.369 e. The molecule has 0 aromatic carbocycles. The van der Waals surface area contributed by atoms with Crippen LogP contribution in [0.15, 0.2) is 34.3 Å². The number of aromatic amines is 1. The van der Waals surface area contributed by atoms with E-state index in [2.05, 4.69) is 36.2 Å². The Bertz CT molecular complexity index is 537. The predicted molar refractivity (Wildman–Crippen MR) is 72.5 cm³/mol. The molecular formula is C11H14BrN5O. The number of hydrogen-bond donors (Lipinski definition) is 2. The van der Waals surface area contributed by atoms with Gasteiger partial charge in [0, 0.05) is 25.5 Å². The van der Waals surface area contributed by atoms with E-state index >= 15 is 0 Å². The standard InChI is InChI=1S/C11H14BrN5O/c12-9-10(15-7-16-11(9)18)14-3-1-2-5-17-6-4-13-8-17/h4,6-8H,1-3,5H2,(H2,14,15,16,18). The molecule has 2 rings (SSSR count). The van der Waals surface area contributed by atoms with Crippen molar-refractivity contribution in [3.63, 3.8) is 0 Å². The second-order valence-electron chi connectivity index (χ2n) is 3.83. The lowest BCUT2D eigenvalue weighted by Gasteiger charge is -2.06. The van der Waals surface area contributed by atoms with Gasteiger partial charge in [0.25, 0.3) is 5.56 Å². The summed E-state index contributed by atoms with van der Waals surface area (Å²) in [6, 6.07) is 0. The van der Waals surface area contributed by atoms with Crippen LogP contribution in [0.5, 0.6) is 0 Å². The van der Waals surface area contributed by atoms with Crippen LogP contribution in [0.3, 0.4) is 0 Å². The van der Waals surface area contributed by atoms with E-state index in [-0.39, 0.29) is 5.56 Å². The predicted octanol–water partition coefficient (Wildman–Crippen LogP) is 1.62. The summed E-state index contributed by atoms with van der Waals surface area (Å²) in [5, 5.41) is 3.13. The van der Waals surface area contributed by atoms with Gasteiger partial charge >= 0.3 is 0 Å². The number of rotatable bonds is 6. The number of aryl methyl sites for hydroxylation is 1. The van der Waals surface area contributed by atoms with Crippen LogP contribution < -0.4 is 10.9 Å². The quantitative estimate of drug-likeness (QED) is 0.795. The first kappa shape index (κ1) is 12.8. The van der Waals surface area contributed by atoms with Crippen LogP contribution in [0.1, 0.15) is 12.8 Å². The summed E-state index contributed by atoms with van der Waals surface area (Å²) >= 11 is 3.20. The van der Waals surface area contributed by atoms with Crippen molar-refractivity contribution < 1.29 is 0 Å². The topological polar surface area (TPSA) is 75.6 Å². The van der Waals surface area contributed by atoms with Crippen LogP contribution in [0.2, 0.25) is 0 Å². The van der Waals surface area contributed by atoms with E-state index in [1.807, 2.05) is 17.1 Å². The molecule has 0 spiro atoms. The van der Waals surface area contributed by atoms with Crippen LogP contribution in [-0.4, -0.2) is 26.1 Å². The smallest absolute Gasteiger partial charge is 0.267 e. The molecule has 2 N–H and O–H groups in total. The van der Waals surface area contributed by atoms with Crippen molar-refractivity contribution in [2.45, 2.75) is 19.4 Å². The van der Waals surface area contributed by atoms with Crippen LogP contribution in [0.4, 0.5) is 5.82 Å². The lowest BCUT2D eigenvalue weighted by atomic mass is 10.3. The Hall–Kier alpha value is -1.63. The van der Waals surface area contributed by atoms with Crippen LogP contribution >= 0.6 is 15.9 Å². The third-order valence-electron chi connectivity index (χ3n) is 2.49. The molecule has 0 saturated heterocycles. The highest BCUT2D eigenvalue weighted by Crippen LogP contribution is 2.12. The molecule has 6 nitrogen and oxygen atoms in total. The number of halogens is 1. The molecule has 0 aliphatic rings. The molecule has 0 fully saturated rings. The maximum atomic E-state index is 11.3. The molecule has 0 bridgehead atoms. The summed E-state index contributed by atoms with van der Waals surface area (Å²) in [5.41, 5.74) is -0.175. The van der Waals surface area contributed by atoms with Crippen molar-refractivity contribution in [3.8, 4) is 0 Å². The summed E-state index contributed by atoms with van der Waals surface area (Å²) < 4.78 is 2.49. The van der Waals surface area contributed by atoms with Gasteiger partial charge in [-0.2, -0.15) is 0 Å². The second-order valence-corrected chi connectivity index (χ2v) is 4.62. The van der Waals surface area contributed by atoms with Crippen molar-refractivity contribution in [3.05, 3.63) is 39.9 Å². The van der Waals surface area contributed by atoms with Crippen LogP contribution in [0.25, 0.3) is 0 Å². The molecule has 0 atom stereocenters. The molecule has 2 heterocycles. The third-order valence-corrected chi connectivity index (χ3v) is 3.23. The maximum absolute atomic E-state index is 11.3. The number of anilines is 1. The first-order chi connectivity index (χ1) is 8.77. The van der Waals surface area contributed by atoms with E-state index in [9.17, 15) is 4.79 Å². The molecule has 0 aliphatic carbocycles. The van der Waals surface area contributed by atoms with E-state index in [0.29, 0.717) is 10.3 Å². The van der Waals surface area contributed by atoms with Gasteiger partial charge in [0.05, 0.1) is 12.7 Å². The van der Waals surface area contributed by atoms with E-state index in [4.69, 9.17) is 0 Å². The van der Waals surface area contributed by atoms with Crippen molar-refractivity contribution >= 4 is 21.7 Å². The Labute approximate surface area is 113 Å². The second kappa shape index (κ2) is 6.34. The van der Waals surface area contributed by atoms with E-state index in [0.717, 1.165) is 25.9 Å². The van der Waals surface area contributed by atoms with Gasteiger partial charge in [-0.15, -0.1) is 0 Å². The summed E-state index contributed by atoms with van der Waals surface area (Å²) in [7, 11) is 0. The molecule has 0 unspecified atom stereocenters. The van der Waals surface area contributed by atoms with Gasteiger partial charge in [-0.1, -0.05) is 0 Å². The number of nitrogens with one attached hydrogen (secondary N) is 2. The van der Waals surface area contributed by atoms with E-state index < -0.39 is 0 Å². The van der Waals surface area contributed by atoms with Crippen molar-refractivity contribution in [2.75, 3.05) is 11.9 Å². The van der Waals surface area contributed by atoms with Crippen LogP contribution in [-0.2, 0) is 6.54 Å². The minimum atomic E-state index is -0.175. The molecular weight excluding hydrogens is 298 g/mol. The first-order valence-electron chi connectivity index (χ1n) is 5.70. The number of H-pyrrole nitrogens is 1. The fourth-order valence-corrected chi connectivity index (χ4v) is 1.91. The van der Waals surface area contributed by atoms with Gasteiger partial charge in [0.1, 0.15) is 10.3 Å². The normalized spacial score (nSPS) is 10.5. The first-order valence-corrected chi connectivity index (χ1v) is 6.49. The molecule has 2 aromatic heterocycles. The third kappa shape index (κ3) is 3.43. The van der Waals surface area contributed by atoms with Crippen molar-refractivity contribution in [2.24, 2.45) is 0 Å². The number of unbranched alkanes of at least 4 members (excludes halogenated alkanes) is 1. The number of imidazole rings is 1. The lowest BCUT2D eigenvalue weighted by molar-refractivity contribution is 0.620. The average Bonchev–Trinajstić information content (AvgIpc) is 2.87. The SMILES string of the molecule is O=c1[nH]cnc(NCCCCn2ccnc2)c1Br. The fraction of sp³-hybridized carbons (Fsp3) is 0.364. The van der Waals surface area contributed by atoms with Gasteiger partial charge in [-0.05, 0) is 28.8 Å². The van der Waals surface area contributed by atoms with E-state index in [1.54, 1.807) is 6.20 Å². The minimum absolute atomic E-state index is 0.175. The maximum Gasteiger partial charge on any atom is 0.267 e. The highest BCUT2D eigenvalue weighted by Gasteiger charge is 2.03.